The van der Waals surface area contributed by atoms with E-state index in [1.165, 1.54) is 0 Å². The maximum atomic E-state index is 13.2. The molecule has 288 valence electrons. The van der Waals surface area contributed by atoms with Crippen LogP contribution in [0.15, 0.2) is 57.9 Å². The molecule has 2 aliphatic carbocycles. The van der Waals surface area contributed by atoms with Crippen molar-refractivity contribution >= 4 is 40.7 Å². The summed E-state index contributed by atoms with van der Waals surface area (Å²) in [5.74, 6) is -0.127. The van der Waals surface area contributed by atoms with Crippen molar-refractivity contribution in [2.75, 3.05) is 18.9 Å². The van der Waals surface area contributed by atoms with E-state index in [2.05, 4.69) is 21.9 Å². The number of aliphatic imine (C=N–C) groups is 1. The van der Waals surface area contributed by atoms with E-state index in [4.69, 9.17) is 24.9 Å². The van der Waals surface area contributed by atoms with Gasteiger partial charge in [0.25, 0.3) is 5.56 Å². The first-order valence-corrected chi connectivity index (χ1v) is 18.1. The largest absolute Gasteiger partial charge is 0.423 e. The van der Waals surface area contributed by atoms with Gasteiger partial charge in [-0.3, -0.25) is 9.78 Å². The third kappa shape index (κ3) is 5.77. The lowest BCUT2D eigenvalue weighted by Crippen LogP contribution is -2.64. The van der Waals surface area contributed by atoms with Crippen molar-refractivity contribution in [2.45, 2.75) is 76.5 Å². The zero-order valence-corrected chi connectivity index (χ0v) is 30.1. The zero-order valence-electron chi connectivity index (χ0n) is 30.1. The van der Waals surface area contributed by atoms with E-state index in [9.17, 15) is 35.1 Å². The van der Waals surface area contributed by atoms with E-state index in [1.807, 2.05) is 23.8 Å². The number of aliphatic hydroxyl groups excluding tert-OH is 5. The van der Waals surface area contributed by atoms with E-state index in [1.54, 1.807) is 42.2 Å². The number of aromatic nitrogens is 5. The molecule has 5 aliphatic rings. The third-order valence-corrected chi connectivity index (χ3v) is 12.5. The summed E-state index contributed by atoms with van der Waals surface area (Å²) in [6.45, 7) is 3.88. The van der Waals surface area contributed by atoms with E-state index in [-0.39, 0.29) is 36.1 Å². The maximum absolute atomic E-state index is 13.2. The maximum Gasteiger partial charge on any atom is 0.343 e. The average molecular weight is 748 g/mol. The molecule has 6 heterocycles. The van der Waals surface area contributed by atoms with Crippen molar-refractivity contribution in [3.8, 4) is 0 Å². The lowest BCUT2D eigenvalue weighted by molar-refractivity contribution is -0.329. The number of nitrogens with two attached hydrogens (primary N) is 1. The minimum atomic E-state index is -1.60. The number of aromatic amines is 1. The van der Waals surface area contributed by atoms with Gasteiger partial charge in [0.1, 0.15) is 35.8 Å². The number of carbonyl (C=O) groups is 1. The Morgan fingerprint density at radius 3 is 2.72 bits per heavy atom. The quantitative estimate of drug-likeness (QED) is 0.128. The summed E-state index contributed by atoms with van der Waals surface area (Å²) < 4.78 is 21.4. The van der Waals surface area contributed by atoms with E-state index >= 15 is 0 Å². The highest BCUT2D eigenvalue weighted by Crippen LogP contribution is 2.62. The van der Waals surface area contributed by atoms with Crippen LogP contribution in [0.5, 0.6) is 0 Å². The Hall–Kier alpha value is -4.49. The molecule has 17 heteroatoms. The van der Waals surface area contributed by atoms with Gasteiger partial charge in [-0.2, -0.15) is 4.98 Å². The van der Waals surface area contributed by atoms with Crippen molar-refractivity contribution < 1.29 is 44.5 Å². The Labute approximate surface area is 309 Å². The number of ether oxygens (including phenoxy) is 3. The second kappa shape index (κ2) is 13.4. The predicted molar refractivity (Wildman–Crippen MR) is 193 cm³/mol. The number of nitrogens with one attached hydrogen (secondary N) is 1. The fourth-order valence-electron chi connectivity index (χ4n) is 9.59. The van der Waals surface area contributed by atoms with E-state index in [0.29, 0.717) is 53.9 Å². The van der Waals surface area contributed by atoms with E-state index < -0.39 is 65.8 Å². The van der Waals surface area contributed by atoms with Gasteiger partial charge in [-0.05, 0) is 48.7 Å². The van der Waals surface area contributed by atoms with Crippen molar-refractivity contribution in [1.29, 1.82) is 0 Å². The number of H-pyrrole nitrogens is 1. The van der Waals surface area contributed by atoms with Crippen LogP contribution in [0.4, 0.5) is 11.9 Å². The number of fused-ring (bicyclic) bond motifs is 4. The predicted octanol–water partition coefficient (Wildman–Crippen LogP) is 0.443. The molecule has 1 saturated heterocycles. The molecular weight excluding hydrogens is 702 g/mol. The number of esters is 1. The molecule has 11 atom stereocenters. The fourth-order valence-corrected chi connectivity index (χ4v) is 9.59. The summed E-state index contributed by atoms with van der Waals surface area (Å²) >= 11 is 0. The monoisotopic (exact) mass is 747 g/mol. The Morgan fingerprint density at radius 1 is 1.17 bits per heavy atom. The summed E-state index contributed by atoms with van der Waals surface area (Å²) in [6.07, 6.45) is 6.17. The van der Waals surface area contributed by atoms with Crippen molar-refractivity contribution in [3.05, 3.63) is 64.1 Å². The first-order valence-electron chi connectivity index (χ1n) is 18.1. The van der Waals surface area contributed by atoms with Crippen LogP contribution in [0.2, 0.25) is 0 Å². The Morgan fingerprint density at radius 2 is 1.96 bits per heavy atom. The van der Waals surface area contributed by atoms with Crippen LogP contribution in [0.3, 0.4) is 0 Å². The molecule has 0 amide bonds. The number of hydrogen-bond donors (Lipinski definition) is 7. The molecule has 8 rings (SSSR count). The summed E-state index contributed by atoms with van der Waals surface area (Å²) in [6, 6.07) is 0. The SMILES string of the molecule is Cn1cc(/C=C2\C=C(C=CC3C4Cn5ccnc5N=C4CC4[C@]3(C)CC[C@@H](OC3OC(CO)C(O)C(O)C3O)[C@@]4(C)CO)C(=O)O2)c2c(=O)[nH]c(N)nc21. The lowest BCUT2D eigenvalue weighted by atomic mass is 9.45. The Balaban J connectivity index is 1.13. The first kappa shape index (κ1) is 36.5. The minimum Gasteiger partial charge on any atom is -0.423 e. The normalized spacial score (nSPS) is 37.2. The minimum absolute atomic E-state index is 0.00397. The number of imidazole rings is 1. The molecule has 0 spiro atoms. The van der Waals surface area contributed by atoms with Gasteiger partial charge in [-0.15, -0.1) is 0 Å². The number of carbonyl (C=O) groups excluding carboxylic acids is 1. The highest BCUT2D eigenvalue weighted by Gasteiger charge is 2.62. The number of rotatable bonds is 7. The van der Waals surface area contributed by atoms with Crippen LogP contribution in [0.25, 0.3) is 17.1 Å². The molecule has 0 bridgehead atoms. The van der Waals surface area contributed by atoms with Crippen LogP contribution >= 0.6 is 0 Å². The highest BCUT2D eigenvalue weighted by molar-refractivity contribution is 5.97. The van der Waals surface area contributed by atoms with Crippen molar-refractivity contribution in [3.63, 3.8) is 0 Å². The fraction of sp³-hybridized carbons (Fsp3) is 0.541. The molecule has 3 aliphatic heterocycles. The topological polar surface area (TPSA) is 253 Å². The number of nitrogens with zero attached hydrogens (tertiary/aromatic N) is 5. The van der Waals surface area contributed by atoms with Gasteiger partial charge in [0, 0.05) is 54.8 Å². The van der Waals surface area contributed by atoms with Gasteiger partial charge >= 0.3 is 5.97 Å². The second-order valence-electron chi connectivity index (χ2n) is 15.6. The summed E-state index contributed by atoms with van der Waals surface area (Å²) in [5.41, 5.74) is 6.15. The van der Waals surface area contributed by atoms with Gasteiger partial charge in [-0.25, -0.2) is 14.8 Å². The molecule has 3 aromatic heterocycles. The summed E-state index contributed by atoms with van der Waals surface area (Å²) in [5, 5.41) is 52.8. The summed E-state index contributed by atoms with van der Waals surface area (Å²) in [4.78, 5) is 42.2. The number of anilines is 1. The van der Waals surface area contributed by atoms with Gasteiger partial charge < -0.3 is 54.6 Å². The lowest BCUT2D eigenvalue weighted by Gasteiger charge is -2.62. The van der Waals surface area contributed by atoms with Crippen LogP contribution in [0, 0.1) is 28.6 Å². The number of nitrogen functional groups attached to an aromatic ring is 1. The molecule has 3 fully saturated rings. The Bertz CT molecular complexity index is 2170. The first-order chi connectivity index (χ1) is 25.7. The molecular formula is C37H45N7O10. The van der Waals surface area contributed by atoms with Crippen LogP contribution in [0.1, 0.15) is 38.7 Å². The van der Waals surface area contributed by atoms with Gasteiger partial charge in [0.2, 0.25) is 11.9 Å². The second-order valence-corrected chi connectivity index (χ2v) is 15.6. The standard InChI is InChI=1S/C37H45N7O10/c1-36-7-6-25(54-33-29(49)28(48)27(47)23(15-45)53-33)37(2,16-46)24(36)12-22-20(14-44-9-8-39-35(44)40-22)21(36)5-4-17-10-19(52-32(17)51)11-18-13-43(3)30-26(18)31(50)42-34(38)41-30/h4-5,8-11,13,20-21,23-25,27-29,33,45-49H,6-7,12,14-16H2,1-3H3,(H3,38,41,42,50)/b5-4?,19-11+/t20?,21?,23?,24?,25-,27?,28?,29?,33?,36-,37+/m1/s1. The van der Waals surface area contributed by atoms with Gasteiger partial charge in [0.15, 0.2) is 6.29 Å². The average Bonchev–Trinajstić information content (AvgIpc) is 3.83. The molecule has 54 heavy (non-hydrogen) atoms. The molecule has 0 radical (unpaired) electrons. The van der Waals surface area contributed by atoms with Crippen LogP contribution in [-0.4, -0.2) is 111 Å². The Kier molecular flexibility index (Phi) is 9.03. The smallest absolute Gasteiger partial charge is 0.343 e. The number of hydrogen-bond acceptors (Lipinski definition) is 14. The van der Waals surface area contributed by atoms with Gasteiger partial charge in [-0.1, -0.05) is 26.0 Å². The molecule has 3 aromatic rings. The van der Waals surface area contributed by atoms with Gasteiger partial charge in [0.05, 0.1) is 30.3 Å². The van der Waals surface area contributed by atoms with Crippen LogP contribution < -0.4 is 11.3 Å². The molecule has 8 unspecified atom stereocenters. The van der Waals surface area contributed by atoms with Crippen molar-refractivity contribution in [1.82, 2.24) is 24.1 Å². The van der Waals surface area contributed by atoms with Crippen LogP contribution in [-0.2, 0) is 32.6 Å². The highest BCUT2D eigenvalue weighted by atomic mass is 16.7. The zero-order chi connectivity index (χ0) is 38.3. The number of aryl methyl sites for hydroxylation is 1. The van der Waals surface area contributed by atoms with Crippen molar-refractivity contribution in [2.24, 2.45) is 40.6 Å². The molecule has 8 N–H and O–H groups in total. The summed E-state index contributed by atoms with van der Waals surface area (Å²) in [7, 11) is 1.74. The van der Waals surface area contributed by atoms with E-state index in [0.717, 1.165) is 5.71 Å². The molecule has 17 nitrogen and oxygen atoms in total. The number of cyclic esters (lactones) is 1. The molecule has 0 aromatic carbocycles. The number of aliphatic hydroxyl groups is 5. The third-order valence-electron chi connectivity index (χ3n) is 12.5. The molecule has 2 saturated carbocycles. The number of allylic oxidation sites excluding steroid dienone is 2.